The Morgan fingerprint density at radius 3 is 2.10 bits per heavy atom. The molecule has 218 valence electrons. The minimum Gasteiger partial charge on any atom is -0.387 e. The SMILES string of the molecule is CCNC(=O)[C@H]1O[C@@H](n2cnc3c(N(C(=O)Nc4ccc(Cl)cn4)C(=O)Nc4ccc(Cl)cn4)ncnc32)[C@@H](O)[C@H]1O. The normalized spacial score (nSPS) is 19.8. The molecule has 1 aliphatic heterocycles. The summed E-state index contributed by atoms with van der Waals surface area (Å²) in [7, 11) is 0. The Balaban J connectivity index is 1.51. The summed E-state index contributed by atoms with van der Waals surface area (Å²) < 4.78 is 6.92. The van der Waals surface area contributed by atoms with Gasteiger partial charge in [-0.25, -0.2) is 34.5 Å². The molecule has 0 bridgehead atoms. The average molecular weight is 617 g/mol. The van der Waals surface area contributed by atoms with E-state index < -0.39 is 42.5 Å². The van der Waals surface area contributed by atoms with Crippen LogP contribution in [0.5, 0.6) is 0 Å². The van der Waals surface area contributed by atoms with Gasteiger partial charge in [0.1, 0.15) is 30.2 Å². The summed E-state index contributed by atoms with van der Waals surface area (Å²) in [6, 6.07) is 3.88. The first-order chi connectivity index (χ1) is 20.2. The lowest BCUT2D eigenvalue weighted by Gasteiger charge is -2.21. The van der Waals surface area contributed by atoms with Crippen LogP contribution >= 0.6 is 23.2 Å². The molecular formula is C24H22Cl2N10O6. The van der Waals surface area contributed by atoms with Crippen LogP contribution in [0.4, 0.5) is 27.0 Å². The van der Waals surface area contributed by atoms with Gasteiger partial charge in [0.15, 0.2) is 29.3 Å². The maximum absolute atomic E-state index is 13.5. The Hall–Kier alpha value is -4.48. The number of halogens is 2. The van der Waals surface area contributed by atoms with Crippen LogP contribution in [-0.4, -0.2) is 82.5 Å². The third kappa shape index (κ3) is 5.79. The van der Waals surface area contributed by atoms with E-state index in [9.17, 15) is 24.6 Å². The summed E-state index contributed by atoms with van der Waals surface area (Å²) in [6.07, 6.45) is -0.861. The first-order valence-electron chi connectivity index (χ1n) is 12.3. The van der Waals surface area contributed by atoms with Crippen molar-refractivity contribution in [3.8, 4) is 0 Å². The van der Waals surface area contributed by atoms with Crippen LogP contribution in [0.3, 0.4) is 0 Å². The molecule has 1 aliphatic rings. The molecule has 16 nitrogen and oxygen atoms in total. The summed E-state index contributed by atoms with van der Waals surface area (Å²) in [5.41, 5.74) is -0.0321. The number of pyridine rings is 2. The predicted molar refractivity (Wildman–Crippen MR) is 149 cm³/mol. The zero-order valence-corrected chi connectivity index (χ0v) is 23.1. The molecule has 4 aromatic heterocycles. The van der Waals surface area contributed by atoms with Crippen LogP contribution in [-0.2, 0) is 9.53 Å². The number of ether oxygens (including phenoxy) is 1. The highest BCUT2D eigenvalue weighted by Gasteiger charge is 2.47. The maximum atomic E-state index is 13.5. The van der Waals surface area contributed by atoms with Crippen molar-refractivity contribution in [2.75, 3.05) is 22.1 Å². The van der Waals surface area contributed by atoms with E-state index in [-0.39, 0.29) is 35.2 Å². The highest BCUT2D eigenvalue weighted by molar-refractivity contribution is 6.31. The van der Waals surface area contributed by atoms with E-state index in [0.29, 0.717) is 14.9 Å². The quantitative estimate of drug-likeness (QED) is 0.211. The monoisotopic (exact) mass is 616 g/mol. The van der Waals surface area contributed by atoms with E-state index >= 15 is 0 Å². The van der Waals surface area contributed by atoms with Gasteiger partial charge in [-0.05, 0) is 31.2 Å². The average Bonchev–Trinajstić information content (AvgIpc) is 3.52. The lowest BCUT2D eigenvalue weighted by molar-refractivity contribution is -0.137. The van der Waals surface area contributed by atoms with Crippen molar-refractivity contribution in [3.63, 3.8) is 0 Å². The largest absolute Gasteiger partial charge is 0.387 e. The number of amides is 5. The zero-order chi connectivity index (χ0) is 30.0. The van der Waals surface area contributed by atoms with Crippen molar-refractivity contribution in [1.29, 1.82) is 0 Å². The van der Waals surface area contributed by atoms with Crippen LogP contribution in [0.15, 0.2) is 49.3 Å². The number of nitrogens with zero attached hydrogens (tertiary/aromatic N) is 7. The van der Waals surface area contributed by atoms with Crippen LogP contribution in [0.2, 0.25) is 10.0 Å². The number of imidazole rings is 1. The highest BCUT2D eigenvalue weighted by atomic mass is 35.5. The minimum absolute atomic E-state index is 0.0210. The Morgan fingerprint density at radius 2 is 1.55 bits per heavy atom. The number of nitrogens with one attached hydrogen (secondary N) is 3. The molecule has 5 heterocycles. The fourth-order valence-electron chi connectivity index (χ4n) is 4.09. The third-order valence-corrected chi connectivity index (χ3v) is 6.45. The summed E-state index contributed by atoms with van der Waals surface area (Å²) in [5.74, 6) is -0.714. The van der Waals surface area contributed by atoms with E-state index in [0.717, 1.165) is 6.33 Å². The van der Waals surface area contributed by atoms with E-state index in [2.05, 4.69) is 40.9 Å². The van der Waals surface area contributed by atoms with Gasteiger partial charge in [-0.3, -0.25) is 20.0 Å². The number of urea groups is 2. The van der Waals surface area contributed by atoms with Gasteiger partial charge in [0.2, 0.25) is 0 Å². The van der Waals surface area contributed by atoms with Gasteiger partial charge in [0, 0.05) is 18.9 Å². The van der Waals surface area contributed by atoms with E-state index in [4.69, 9.17) is 27.9 Å². The molecule has 0 saturated carbocycles. The van der Waals surface area contributed by atoms with Crippen LogP contribution in [0, 0.1) is 0 Å². The van der Waals surface area contributed by atoms with Crippen LogP contribution in [0.1, 0.15) is 13.2 Å². The Labute approximate surface area is 246 Å². The first-order valence-corrected chi connectivity index (χ1v) is 13.1. The van der Waals surface area contributed by atoms with Gasteiger partial charge in [0.05, 0.1) is 16.4 Å². The number of anilines is 3. The van der Waals surface area contributed by atoms with Crippen LogP contribution < -0.4 is 20.9 Å². The van der Waals surface area contributed by atoms with E-state index in [1.165, 1.54) is 47.6 Å². The van der Waals surface area contributed by atoms with E-state index in [1.807, 2.05) is 0 Å². The number of aliphatic hydroxyl groups excluding tert-OH is 2. The predicted octanol–water partition coefficient (Wildman–Crippen LogP) is 1.95. The minimum atomic E-state index is -1.55. The van der Waals surface area contributed by atoms with Gasteiger partial charge in [-0.15, -0.1) is 0 Å². The second-order valence-electron chi connectivity index (χ2n) is 8.76. The molecule has 1 fully saturated rings. The van der Waals surface area contributed by atoms with Gasteiger partial charge in [-0.1, -0.05) is 23.2 Å². The fraction of sp³-hybridized carbons (Fsp3) is 0.250. The number of fused-ring (bicyclic) bond motifs is 1. The van der Waals surface area contributed by atoms with Crippen LogP contribution in [0.25, 0.3) is 11.2 Å². The summed E-state index contributed by atoms with van der Waals surface area (Å²) in [5, 5.41) is 29.3. The molecule has 5 N–H and O–H groups in total. The number of aromatic nitrogens is 6. The number of aliphatic hydroxyl groups is 2. The molecule has 0 aromatic carbocycles. The maximum Gasteiger partial charge on any atom is 0.337 e. The van der Waals surface area contributed by atoms with Crippen molar-refractivity contribution in [2.45, 2.75) is 31.5 Å². The van der Waals surface area contributed by atoms with Crippen molar-refractivity contribution in [2.24, 2.45) is 0 Å². The lowest BCUT2D eigenvalue weighted by atomic mass is 10.1. The molecule has 1 saturated heterocycles. The lowest BCUT2D eigenvalue weighted by Crippen LogP contribution is -2.43. The Kier molecular flexibility index (Phi) is 8.41. The molecule has 5 rings (SSSR count). The molecule has 4 atom stereocenters. The molecule has 18 heteroatoms. The molecule has 0 radical (unpaired) electrons. The molecule has 0 spiro atoms. The second kappa shape index (κ2) is 12.2. The Bertz CT molecular complexity index is 1560. The Morgan fingerprint density at radius 1 is 0.929 bits per heavy atom. The molecule has 42 heavy (non-hydrogen) atoms. The van der Waals surface area contributed by atoms with Gasteiger partial charge in [-0.2, -0.15) is 4.90 Å². The van der Waals surface area contributed by atoms with Gasteiger partial charge < -0.3 is 20.3 Å². The smallest absolute Gasteiger partial charge is 0.337 e. The van der Waals surface area contributed by atoms with E-state index in [1.54, 1.807) is 6.92 Å². The number of imide groups is 1. The molecule has 5 amide bonds. The second-order valence-corrected chi connectivity index (χ2v) is 9.64. The standard InChI is InChI=1S/C24H22Cl2N10O6/c1-2-27-21(39)18-16(37)17(38)22(42-18)35-10-32-15-19(35)30-9-31-20(15)36(23(40)33-13-5-3-11(25)7-28-13)24(41)34-14-6-4-12(26)8-29-14/h3-10,16-18,22,37-38H,2H2,1H3,(H,27,39)(H,28,33,40)(H,29,34,41)/t16-,17+,18+,22-/m1/s1. The van der Waals surface area contributed by atoms with Crippen molar-refractivity contribution in [1.82, 2.24) is 34.8 Å². The molecule has 0 unspecified atom stereocenters. The number of hydrogen-bond donors (Lipinski definition) is 5. The molecule has 4 aromatic rings. The number of rotatable bonds is 6. The zero-order valence-electron chi connectivity index (χ0n) is 21.5. The van der Waals surface area contributed by atoms with Gasteiger partial charge >= 0.3 is 12.1 Å². The number of likely N-dealkylation sites (N-methyl/N-ethyl adjacent to an activating group) is 1. The number of carbonyl (C=O) groups excluding carboxylic acids is 3. The summed E-state index contributed by atoms with van der Waals surface area (Å²) >= 11 is 11.8. The van der Waals surface area contributed by atoms with Crippen molar-refractivity contribution >= 4 is 69.8 Å². The highest BCUT2D eigenvalue weighted by Crippen LogP contribution is 2.33. The molecule has 0 aliphatic carbocycles. The number of hydrogen-bond acceptors (Lipinski definition) is 11. The summed E-state index contributed by atoms with van der Waals surface area (Å²) in [4.78, 5) is 60.5. The van der Waals surface area contributed by atoms with Gasteiger partial charge in [0.25, 0.3) is 5.91 Å². The summed E-state index contributed by atoms with van der Waals surface area (Å²) in [6.45, 7) is 1.98. The fourth-order valence-corrected chi connectivity index (χ4v) is 4.31. The molecular weight excluding hydrogens is 595 g/mol. The number of carbonyl (C=O) groups is 3. The van der Waals surface area contributed by atoms with Crippen molar-refractivity contribution in [3.05, 3.63) is 59.4 Å². The first kappa shape index (κ1) is 29.0. The van der Waals surface area contributed by atoms with Crippen molar-refractivity contribution < 1.29 is 29.3 Å². The topological polar surface area (TPSA) is 210 Å². The third-order valence-electron chi connectivity index (χ3n) is 6.00.